The van der Waals surface area contributed by atoms with Crippen molar-refractivity contribution in [1.29, 1.82) is 0 Å². The Morgan fingerprint density at radius 2 is 2.11 bits per heavy atom. The lowest BCUT2D eigenvalue weighted by atomic mass is 10.1. The summed E-state index contributed by atoms with van der Waals surface area (Å²) in [6.07, 6.45) is 0. The Balaban J connectivity index is 2.33. The van der Waals surface area contributed by atoms with Gasteiger partial charge in [-0.2, -0.15) is 0 Å². The normalized spacial score (nSPS) is 21.4. The second kappa shape index (κ2) is 5.24. The van der Waals surface area contributed by atoms with Gasteiger partial charge in [0, 0.05) is 43.5 Å². The molecule has 0 bridgehead atoms. The molecule has 0 radical (unpaired) electrons. The second-order valence-corrected chi connectivity index (χ2v) is 5.36. The van der Waals surface area contributed by atoms with Crippen LogP contribution in [0.1, 0.15) is 23.7 Å². The Bertz CT molecular complexity index is 430. The van der Waals surface area contributed by atoms with Crippen LogP contribution in [0.5, 0.6) is 0 Å². The standard InChI is InChI=1S/C14H24N4/c1-10-7-11(2)16-14(13(10)8-15)18-6-5-17(4)12(3)9-18/h7,12H,5-6,8-9,15H2,1-4H3. The summed E-state index contributed by atoms with van der Waals surface area (Å²) < 4.78 is 0. The SMILES string of the molecule is Cc1cc(C)c(CN)c(N2CCN(C)C(C)C2)n1. The zero-order valence-corrected chi connectivity index (χ0v) is 11.9. The molecule has 4 heteroatoms. The number of hydrogen-bond donors (Lipinski definition) is 1. The molecule has 4 nitrogen and oxygen atoms in total. The molecule has 0 saturated carbocycles. The molecule has 0 amide bonds. The predicted molar refractivity (Wildman–Crippen MR) is 75.9 cm³/mol. The molecular weight excluding hydrogens is 224 g/mol. The number of hydrogen-bond acceptors (Lipinski definition) is 4. The van der Waals surface area contributed by atoms with Crippen LogP contribution in [-0.2, 0) is 6.54 Å². The third-order valence-electron chi connectivity index (χ3n) is 3.92. The lowest BCUT2D eigenvalue weighted by Gasteiger charge is -2.39. The van der Waals surface area contributed by atoms with Crippen LogP contribution in [0.25, 0.3) is 0 Å². The van der Waals surface area contributed by atoms with Crippen LogP contribution in [0.3, 0.4) is 0 Å². The summed E-state index contributed by atoms with van der Waals surface area (Å²) >= 11 is 0. The number of rotatable bonds is 2. The van der Waals surface area contributed by atoms with Crippen LogP contribution < -0.4 is 10.6 Å². The summed E-state index contributed by atoms with van der Waals surface area (Å²) in [5.41, 5.74) is 9.42. The molecule has 100 valence electrons. The van der Waals surface area contributed by atoms with Crippen LogP contribution >= 0.6 is 0 Å². The molecule has 0 spiro atoms. The van der Waals surface area contributed by atoms with Gasteiger partial charge in [-0.1, -0.05) is 0 Å². The molecule has 0 aromatic carbocycles. The van der Waals surface area contributed by atoms with E-state index in [1.807, 2.05) is 0 Å². The van der Waals surface area contributed by atoms with Crippen molar-refractivity contribution in [3.8, 4) is 0 Å². The molecule has 1 fully saturated rings. The molecule has 2 N–H and O–H groups in total. The third-order valence-corrected chi connectivity index (χ3v) is 3.92. The van der Waals surface area contributed by atoms with E-state index < -0.39 is 0 Å². The van der Waals surface area contributed by atoms with Crippen molar-refractivity contribution in [3.63, 3.8) is 0 Å². The number of pyridine rings is 1. The van der Waals surface area contributed by atoms with Crippen molar-refractivity contribution in [2.24, 2.45) is 5.73 Å². The Morgan fingerprint density at radius 1 is 1.39 bits per heavy atom. The van der Waals surface area contributed by atoms with E-state index in [-0.39, 0.29) is 0 Å². The van der Waals surface area contributed by atoms with Crippen LogP contribution in [-0.4, -0.2) is 42.6 Å². The Labute approximate surface area is 110 Å². The minimum absolute atomic E-state index is 0.562. The van der Waals surface area contributed by atoms with Gasteiger partial charge in [-0.3, -0.25) is 0 Å². The first-order chi connectivity index (χ1) is 8.52. The number of piperazine rings is 1. The lowest BCUT2D eigenvalue weighted by molar-refractivity contribution is 0.233. The topological polar surface area (TPSA) is 45.4 Å². The van der Waals surface area contributed by atoms with E-state index in [0.29, 0.717) is 12.6 Å². The van der Waals surface area contributed by atoms with Crippen LogP contribution in [0.2, 0.25) is 0 Å². The number of nitrogens with two attached hydrogens (primary N) is 1. The summed E-state index contributed by atoms with van der Waals surface area (Å²) in [7, 11) is 2.18. The van der Waals surface area contributed by atoms with Crippen molar-refractivity contribution in [2.75, 3.05) is 31.6 Å². The first-order valence-corrected chi connectivity index (χ1v) is 6.65. The monoisotopic (exact) mass is 248 g/mol. The summed E-state index contributed by atoms with van der Waals surface area (Å²) in [6, 6.07) is 2.68. The van der Waals surface area contributed by atoms with Gasteiger partial charge in [-0.05, 0) is 39.4 Å². The first-order valence-electron chi connectivity index (χ1n) is 6.65. The molecule has 1 aliphatic rings. The van der Waals surface area contributed by atoms with Crippen LogP contribution in [0.4, 0.5) is 5.82 Å². The Hall–Kier alpha value is -1.13. The highest BCUT2D eigenvalue weighted by Crippen LogP contribution is 2.24. The summed E-state index contributed by atoms with van der Waals surface area (Å²) in [4.78, 5) is 9.49. The van der Waals surface area contributed by atoms with Crippen LogP contribution in [0.15, 0.2) is 6.07 Å². The summed E-state index contributed by atoms with van der Waals surface area (Å²) in [6.45, 7) is 10.1. The van der Waals surface area contributed by atoms with Crippen LogP contribution in [0, 0.1) is 13.8 Å². The van der Waals surface area contributed by atoms with Crippen molar-refractivity contribution in [3.05, 3.63) is 22.9 Å². The molecule has 1 saturated heterocycles. The van der Waals surface area contributed by atoms with Gasteiger partial charge >= 0.3 is 0 Å². The molecule has 1 unspecified atom stereocenters. The maximum atomic E-state index is 5.89. The molecule has 1 aliphatic heterocycles. The van der Waals surface area contributed by atoms with E-state index in [1.54, 1.807) is 0 Å². The molecule has 1 atom stereocenters. The zero-order valence-electron chi connectivity index (χ0n) is 11.9. The highest BCUT2D eigenvalue weighted by molar-refractivity contribution is 5.52. The fourth-order valence-corrected chi connectivity index (χ4v) is 2.60. The number of likely N-dealkylation sites (N-methyl/N-ethyl adjacent to an activating group) is 1. The van der Waals surface area contributed by atoms with Gasteiger partial charge in [0.2, 0.25) is 0 Å². The van der Waals surface area contributed by atoms with Gasteiger partial charge < -0.3 is 15.5 Å². The highest BCUT2D eigenvalue weighted by Gasteiger charge is 2.23. The average molecular weight is 248 g/mol. The minimum Gasteiger partial charge on any atom is -0.353 e. The molecule has 2 rings (SSSR count). The highest BCUT2D eigenvalue weighted by atomic mass is 15.3. The van der Waals surface area contributed by atoms with Crippen molar-refractivity contribution >= 4 is 5.82 Å². The first kappa shape index (κ1) is 13.3. The Kier molecular flexibility index (Phi) is 3.88. The number of anilines is 1. The molecule has 18 heavy (non-hydrogen) atoms. The summed E-state index contributed by atoms with van der Waals surface area (Å²) in [5.74, 6) is 1.09. The third kappa shape index (κ3) is 2.49. The Morgan fingerprint density at radius 3 is 2.72 bits per heavy atom. The molecular formula is C14H24N4. The number of aryl methyl sites for hydroxylation is 2. The van der Waals surface area contributed by atoms with Gasteiger partial charge in [0.1, 0.15) is 5.82 Å². The second-order valence-electron chi connectivity index (χ2n) is 5.36. The maximum absolute atomic E-state index is 5.89. The predicted octanol–water partition coefficient (Wildman–Crippen LogP) is 1.30. The van der Waals surface area contributed by atoms with Crippen molar-refractivity contribution in [1.82, 2.24) is 9.88 Å². The lowest BCUT2D eigenvalue weighted by Crippen LogP contribution is -2.50. The maximum Gasteiger partial charge on any atom is 0.133 e. The number of aromatic nitrogens is 1. The van der Waals surface area contributed by atoms with E-state index in [9.17, 15) is 0 Å². The van der Waals surface area contributed by atoms with Crippen molar-refractivity contribution in [2.45, 2.75) is 33.4 Å². The quantitative estimate of drug-likeness (QED) is 0.857. The van der Waals surface area contributed by atoms with Crippen molar-refractivity contribution < 1.29 is 0 Å². The van der Waals surface area contributed by atoms with Gasteiger partial charge in [0.05, 0.1) is 0 Å². The summed E-state index contributed by atoms with van der Waals surface area (Å²) in [5, 5.41) is 0. The average Bonchev–Trinajstić information content (AvgIpc) is 2.32. The molecule has 1 aromatic heterocycles. The largest absolute Gasteiger partial charge is 0.353 e. The van der Waals surface area contributed by atoms with E-state index >= 15 is 0 Å². The molecule has 0 aliphatic carbocycles. The van der Waals surface area contributed by atoms with E-state index in [4.69, 9.17) is 10.7 Å². The van der Waals surface area contributed by atoms with Gasteiger partial charge in [0.25, 0.3) is 0 Å². The minimum atomic E-state index is 0.562. The fourth-order valence-electron chi connectivity index (χ4n) is 2.60. The number of nitrogens with zero attached hydrogens (tertiary/aromatic N) is 3. The van der Waals surface area contributed by atoms with E-state index in [1.165, 1.54) is 11.1 Å². The van der Waals surface area contributed by atoms with E-state index in [0.717, 1.165) is 31.1 Å². The van der Waals surface area contributed by atoms with Gasteiger partial charge in [-0.25, -0.2) is 4.98 Å². The zero-order chi connectivity index (χ0) is 13.3. The molecule has 1 aromatic rings. The fraction of sp³-hybridized carbons (Fsp3) is 0.643. The van der Waals surface area contributed by atoms with E-state index in [2.05, 4.69) is 43.7 Å². The molecule has 2 heterocycles. The van der Waals surface area contributed by atoms with Gasteiger partial charge in [0.15, 0.2) is 0 Å². The van der Waals surface area contributed by atoms with Gasteiger partial charge in [-0.15, -0.1) is 0 Å². The smallest absolute Gasteiger partial charge is 0.133 e.